The van der Waals surface area contributed by atoms with Crippen molar-refractivity contribution in [3.8, 4) is 0 Å². The lowest BCUT2D eigenvalue weighted by Gasteiger charge is -2.09. The van der Waals surface area contributed by atoms with E-state index in [9.17, 15) is 4.79 Å². The highest BCUT2D eigenvalue weighted by atomic mass is 32.1. The van der Waals surface area contributed by atoms with Crippen LogP contribution in [0.5, 0.6) is 0 Å². The minimum Gasteiger partial charge on any atom is -0.327 e. The van der Waals surface area contributed by atoms with Crippen LogP contribution >= 0.6 is 11.3 Å². The Morgan fingerprint density at radius 3 is 2.71 bits per heavy atom. The molecule has 14 heavy (non-hydrogen) atoms. The van der Waals surface area contributed by atoms with E-state index >= 15 is 0 Å². The van der Waals surface area contributed by atoms with Gasteiger partial charge in [0.05, 0.1) is 6.04 Å². The van der Waals surface area contributed by atoms with Crippen molar-refractivity contribution < 1.29 is 4.79 Å². The zero-order chi connectivity index (χ0) is 10.7. The van der Waals surface area contributed by atoms with E-state index in [4.69, 9.17) is 5.73 Å². The molecule has 1 aromatic heterocycles. The Balaban J connectivity index is 2.89. The number of carbonyl (C=O) groups excluding carboxylic acids is 1. The van der Waals surface area contributed by atoms with Gasteiger partial charge in [-0.25, -0.2) is 0 Å². The maximum Gasteiger partial charge on any atom is 0.265 e. The van der Waals surface area contributed by atoms with Crippen molar-refractivity contribution in [1.29, 1.82) is 0 Å². The SMILES string of the molecule is CC(C)[C@@H](N)C(=O)N=c1sccn1C. The molecule has 2 N–H and O–H groups in total. The molecule has 0 aliphatic rings. The fourth-order valence-electron chi connectivity index (χ4n) is 0.889. The third kappa shape index (κ3) is 2.52. The summed E-state index contributed by atoms with van der Waals surface area (Å²) in [5.74, 6) is -0.130. The predicted molar refractivity (Wildman–Crippen MR) is 56.7 cm³/mol. The Hall–Kier alpha value is -0.940. The minimum atomic E-state index is -0.503. The second-order valence-electron chi connectivity index (χ2n) is 3.52. The summed E-state index contributed by atoms with van der Waals surface area (Å²) >= 11 is 1.43. The van der Waals surface area contributed by atoms with E-state index < -0.39 is 6.04 Å². The monoisotopic (exact) mass is 213 g/mol. The molecule has 78 valence electrons. The number of rotatable bonds is 2. The van der Waals surface area contributed by atoms with Gasteiger partial charge in [-0.1, -0.05) is 13.8 Å². The van der Waals surface area contributed by atoms with E-state index in [0.29, 0.717) is 4.80 Å². The molecule has 0 spiro atoms. The summed E-state index contributed by atoms with van der Waals surface area (Å²) in [7, 11) is 1.85. The first-order valence-electron chi connectivity index (χ1n) is 4.46. The fraction of sp³-hybridized carbons (Fsp3) is 0.556. The first-order valence-corrected chi connectivity index (χ1v) is 5.34. The van der Waals surface area contributed by atoms with Crippen LogP contribution < -0.4 is 10.5 Å². The lowest BCUT2D eigenvalue weighted by Crippen LogP contribution is -2.35. The van der Waals surface area contributed by atoms with Gasteiger partial charge in [-0.3, -0.25) is 4.79 Å². The van der Waals surface area contributed by atoms with E-state index in [-0.39, 0.29) is 11.8 Å². The Kier molecular flexibility index (Phi) is 3.60. The van der Waals surface area contributed by atoms with Crippen molar-refractivity contribution in [3.63, 3.8) is 0 Å². The number of aryl methyl sites for hydroxylation is 1. The average molecular weight is 213 g/mol. The first kappa shape index (κ1) is 11.1. The molecule has 4 nitrogen and oxygen atoms in total. The molecular formula is C9H15N3OS. The van der Waals surface area contributed by atoms with Crippen molar-refractivity contribution in [2.24, 2.45) is 23.7 Å². The third-order valence-corrected chi connectivity index (χ3v) is 2.82. The normalized spacial score (nSPS) is 14.8. The smallest absolute Gasteiger partial charge is 0.265 e. The van der Waals surface area contributed by atoms with Crippen LogP contribution in [-0.4, -0.2) is 16.5 Å². The van der Waals surface area contributed by atoms with Crippen molar-refractivity contribution in [1.82, 2.24) is 4.57 Å². The van der Waals surface area contributed by atoms with Gasteiger partial charge in [0.2, 0.25) is 0 Å². The second-order valence-corrected chi connectivity index (χ2v) is 4.39. The van der Waals surface area contributed by atoms with Crippen LogP contribution in [0.2, 0.25) is 0 Å². The summed E-state index contributed by atoms with van der Waals surface area (Å²) in [6, 6.07) is -0.503. The van der Waals surface area contributed by atoms with Crippen molar-refractivity contribution in [2.45, 2.75) is 19.9 Å². The topological polar surface area (TPSA) is 60.4 Å². The van der Waals surface area contributed by atoms with E-state index in [1.54, 1.807) is 4.57 Å². The lowest BCUT2D eigenvalue weighted by atomic mass is 10.1. The molecule has 0 saturated carbocycles. The Morgan fingerprint density at radius 1 is 1.64 bits per heavy atom. The molecule has 1 amide bonds. The number of hydrogen-bond donors (Lipinski definition) is 1. The Morgan fingerprint density at radius 2 is 2.29 bits per heavy atom. The minimum absolute atomic E-state index is 0.122. The number of carbonyl (C=O) groups is 1. The van der Waals surface area contributed by atoms with Crippen LogP contribution in [0.3, 0.4) is 0 Å². The molecule has 1 rings (SSSR count). The lowest BCUT2D eigenvalue weighted by molar-refractivity contribution is -0.120. The molecule has 0 fully saturated rings. The number of amides is 1. The van der Waals surface area contributed by atoms with Crippen LogP contribution in [0.1, 0.15) is 13.8 Å². The summed E-state index contributed by atoms with van der Waals surface area (Å²) in [4.78, 5) is 16.1. The van der Waals surface area contributed by atoms with Gasteiger partial charge in [0.15, 0.2) is 4.80 Å². The van der Waals surface area contributed by atoms with Crippen LogP contribution in [0.25, 0.3) is 0 Å². The zero-order valence-corrected chi connectivity index (χ0v) is 9.41. The highest BCUT2D eigenvalue weighted by Crippen LogP contribution is 1.99. The largest absolute Gasteiger partial charge is 0.327 e. The highest BCUT2D eigenvalue weighted by Gasteiger charge is 2.16. The maximum atomic E-state index is 11.5. The Bertz CT molecular complexity index is 377. The maximum absolute atomic E-state index is 11.5. The molecular weight excluding hydrogens is 198 g/mol. The predicted octanol–water partition coefficient (Wildman–Crippen LogP) is 0.497. The van der Waals surface area contributed by atoms with Gasteiger partial charge in [-0.05, 0) is 5.92 Å². The molecule has 5 heteroatoms. The molecule has 1 heterocycles. The van der Waals surface area contributed by atoms with Gasteiger partial charge in [0.1, 0.15) is 0 Å². The van der Waals surface area contributed by atoms with Gasteiger partial charge in [-0.2, -0.15) is 4.99 Å². The number of aromatic nitrogens is 1. The second kappa shape index (κ2) is 4.52. The summed E-state index contributed by atoms with van der Waals surface area (Å²) in [5, 5.41) is 1.88. The summed E-state index contributed by atoms with van der Waals surface area (Å²) in [5.41, 5.74) is 5.68. The van der Waals surface area contributed by atoms with Crippen molar-refractivity contribution >= 4 is 17.2 Å². The molecule has 0 radical (unpaired) electrons. The van der Waals surface area contributed by atoms with Crippen LogP contribution in [0.4, 0.5) is 0 Å². The molecule has 0 bridgehead atoms. The highest BCUT2D eigenvalue weighted by molar-refractivity contribution is 7.07. The molecule has 0 saturated heterocycles. The summed E-state index contributed by atoms with van der Waals surface area (Å²) < 4.78 is 1.80. The first-order chi connectivity index (χ1) is 6.52. The number of nitrogens with zero attached hydrogens (tertiary/aromatic N) is 2. The summed E-state index contributed by atoms with van der Waals surface area (Å²) in [6.07, 6.45) is 1.86. The van der Waals surface area contributed by atoms with Gasteiger partial charge < -0.3 is 10.3 Å². The van der Waals surface area contributed by atoms with Crippen LogP contribution in [0.15, 0.2) is 16.6 Å². The fourth-order valence-corrected chi connectivity index (χ4v) is 1.62. The quantitative estimate of drug-likeness (QED) is 0.777. The number of nitrogens with two attached hydrogens (primary N) is 1. The Labute approximate surface area is 87.1 Å². The van der Waals surface area contributed by atoms with Gasteiger partial charge in [0.25, 0.3) is 5.91 Å². The van der Waals surface area contributed by atoms with Crippen LogP contribution in [-0.2, 0) is 11.8 Å². The third-order valence-electron chi connectivity index (χ3n) is 1.97. The van der Waals surface area contributed by atoms with E-state index in [1.807, 2.05) is 32.5 Å². The van der Waals surface area contributed by atoms with E-state index in [1.165, 1.54) is 11.3 Å². The molecule has 1 aromatic rings. The molecule has 0 aliphatic heterocycles. The van der Waals surface area contributed by atoms with Gasteiger partial charge in [-0.15, -0.1) is 11.3 Å². The van der Waals surface area contributed by atoms with Crippen LogP contribution in [0, 0.1) is 5.92 Å². The molecule has 0 unspecified atom stereocenters. The van der Waals surface area contributed by atoms with Crippen molar-refractivity contribution in [2.75, 3.05) is 0 Å². The van der Waals surface area contributed by atoms with E-state index in [2.05, 4.69) is 4.99 Å². The zero-order valence-electron chi connectivity index (χ0n) is 8.60. The van der Waals surface area contributed by atoms with Gasteiger partial charge in [0, 0.05) is 18.6 Å². The van der Waals surface area contributed by atoms with Crippen molar-refractivity contribution in [3.05, 3.63) is 16.4 Å². The van der Waals surface area contributed by atoms with E-state index in [0.717, 1.165) is 0 Å². The summed E-state index contributed by atoms with van der Waals surface area (Å²) in [6.45, 7) is 3.82. The molecule has 0 aliphatic carbocycles. The molecule has 0 aromatic carbocycles. The van der Waals surface area contributed by atoms with Gasteiger partial charge >= 0.3 is 0 Å². The molecule has 1 atom stereocenters. The number of thiazole rings is 1. The standard InChI is InChI=1S/C9H15N3OS/c1-6(2)7(10)8(13)11-9-12(3)4-5-14-9/h4-7H,10H2,1-3H3/t7-/m1/s1. The number of hydrogen-bond acceptors (Lipinski definition) is 3. The average Bonchev–Trinajstić information content (AvgIpc) is 2.50.